The van der Waals surface area contributed by atoms with Crippen molar-refractivity contribution in [3.8, 4) is 0 Å². The second-order valence-electron chi connectivity index (χ2n) is 6.44. The van der Waals surface area contributed by atoms with Gasteiger partial charge in [-0.25, -0.2) is 8.42 Å². The zero-order chi connectivity index (χ0) is 19.9. The van der Waals surface area contributed by atoms with Crippen LogP contribution < -0.4 is 5.32 Å². The van der Waals surface area contributed by atoms with Gasteiger partial charge in [-0.1, -0.05) is 24.9 Å². The summed E-state index contributed by atoms with van der Waals surface area (Å²) in [5.41, 5.74) is 0. The van der Waals surface area contributed by atoms with E-state index in [2.05, 4.69) is 5.32 Å². The predicted molar refractivity (Wildman–Crippen MR) is 102 cm³/mol. The molecule has 0 aromatic heterocycles. The Morgan fingerprint density at radius 1 is 1.22 bits per heavy atom. The molecule has 0 radical (unpaired) electrons. The zero-order valence-electron chi connectivity index (χ0n) is 15.3. The fraction of sp³-hybridized carbons (Fsp3) is 0.556. The third kappa shape index (κ3) is 6.19. The van der Waals surface area contributed by atoms with Crippen LogP contribution >= 0.6 is 11.6 Å². The summed E-state index contributed by atoms with van der Waals surface area (Å²) in [5.74, 6) is -1.17. The molecular formula is C18H25ClN2O5S. The Labute approximate surface area is 165 Å². The van der Waals surface area contributed by atoms with Crippen LogP contribution in [0.2, 0.25) is 5.02 Å². The van der Waals surface area contributed by atoms with E-state index in [0.717, 1.165) is 12.8 Å². The second kappa shape index (κ2) is 10.1. The first-order valence-electron chi connectivity index (χ1n) is 9.03. The van der Waals surface area contributed by atoms with Gasteiger partial charge in [0.15, 0.2) is 6.61 Å². The van der Waals surface area contributed by atoms with Gasteiger partial charge in [-0.05, 0) is 43.5 Å². The van der Waals surface area contributed by atoms with E-state index >= 15 is 0 Å². The average Bonchev–Trinajstić information content (AvgIpc) is 2.67. The Morgan fingerprint density at radius 2 is 1.85 bits per heavy atom. The van der Waals surface area contributed by atoms with Gasteiger partial charge in [-0.2, -0.15) is 4.31 Å². The molecular weight excluding hydrogens is 392 g/mol. The third-order valence-electron chi connectivity index (χ3n) is 4.44. The Hall–Kier alpha value is -1.64. The molecule has 0 atom stereocenters. The summed E-state index contributed by atoms with van der Waals surface area (Å²) < 4.78 is 31.7. The van der Waals surface area contributed by atoms with Gasteiger partial charge in [0, 0.05) is 24.7 Å². The number of sulfonamides is 1. The van der Waals surface area contributed by atoms with Crippen LogP contribution in [0.25, 0.3) is 0 Å². The first kappa shape index (κ1) is 21.7. The molecule has 150 valence electrons. The van der Waals surface area contributed by atoms with Gasteiger partial charge in [0.25, 0.3) is 5.91 Å². The Bertz CT molecular complexity index is 744. The SMILES string of the molecule is CCCCNC(=O)COC(=O)C1CCN(S(=O)(=O)c2ccc(Cl)cc2)CC1. The number of carbonyl (C=O) groups excluding carboxylic acids is 2. The van der Waals surface area contributed by atoms with Crippen molar-refractivity contribution in [1.82, 2.24) is 9.62 Å². The van der Waals surface area contributed by atoms with E-state index < -0.39 is 21.9 Å². The summed E-state index contributed by atoms with van der Waals surface area (Å²) in [6.07, 6.45) is 2.57. The van der Waals surface area contributed by atoms with Crippen LogP contribution in [-0.2, 0) is 24.3 Å². The summed E-state index contributed by atoms with van der Waals surface area (Å²) in [6, 6.07) is 6.00. The van der Waals surface area contributed by atoms with Crippen LogP contribution in [0.1, 0.15) is 32.6 Å². The van der Waals surface area contributed by atoms with Crippen molar-refractivity contribution in [2.45, 2.75) is 37.5 Å². The maximum atomic E-state index is 12.6. The Balaban J connectivity index is 1.81. The lowest BCUT2D eigenvalue weighted by atomic mass is 9.98. The molecule has 0 spiro atoms. The molecule has 1 aromatic carbocycles. The minimum atomic E-state index is -3.61. The summed E-state index contributed by atoms with van der Waals surface area (Å²) >= 11 is 5.80. The van der Waals surface area contributed by atoms with E-state index in [9.17, 15) is 18.0 Å². The molecule has 1 saturated heterocycles. The van der Waals surface area contributed by atoms with E-state index in [1.807, 2.05) is 6.92 Å². The van der Waals surface area contributed by atoms with Gasteiger partial charge in [-0.15, -0.1) is 0 Å². The summed E-state index contributed by atoms with van der Waals surface area (Å²) in [5, 5.41) is 3.14. The lowest BCUT2D eigenvalue weighted by Crippen LogP contribution is -2.41. The quantitative estimate of drug-likeness (QED) is 0.518. The number of piperidine rings is 1. The topological polar surface area (TPSA) is 92.8 Å². The van der Waals surface area contributed by atoms with Crippen LogP contribution in [-0.4, -0.2) is 50.8 Å². The highest BCUT2D eigenvalue weighted by atomic mass is 35.5. The van der Waals surface area contributed by atoms with Crippen LogP contribution in [0.5, 0.6) is 0 Å². The normalized spacial score (nSPS) is 16.1. The number of rotatable bonds is 8. The molecule has 1 heterocycles. The second-order valence-corrected chi connectivity index (χ2v) is 8.82. The molecule has 2 rings (SSSR count). The van der Waals surface area contributed by atoms with Crippen molar-refractivity contribution in [3.63, 3.8) is 0 Å². The van der Waals surface area contributed by atoms with E-state index in [4.69, 9.17) is 16.3 Å². The minimum Gasteiger partial charge on any atom is -0.455 e. The lowest BCUT2D eigenvalue weighted by molar-refractivity contribution is -0.153. The van der Waals surface area contributed by atoms with Gasteiger partial charge >= 0.3 is 5.97 Å². The third-order valence-corrected chi connectivity index (χ3v) is 6.60. The molecule has 1 amide bonds. The van der Waals surface area contributed by atoms with Crippen LogP contribution in [0.4, 0.5) is 0 Å². The van der Waals surface area contributed by atoms with E-state index in [-0.39, 0.29) is 30.5 Å². The van der Waals surface area contributed by atoms with Crippen molar-refractivity contribution >= 4 is 33.5 Å². The fourth-order valence-electron chi connectivity index (χ4n) is 2.80. The largest absolute Gasteiger partial charge is 0.455 e. The first-order chi connectivity index (χ1) is 12.8. The van der Waals surface area contributed by atoms with Crippen molar-refractivity contribution in [2.24, 2.45) is 5.92 Å². The molecule has 1 aromatic rings. The molecule has 7 nitrogen and oxygen atoms in total. The van der Waals surface area contributed by atoms with Crippen LogP contribution in [0, 0.1) is 5.92 Å². The minimum absolute atomic E-state index is 0.177. The summed E-state index contributed by atoms with van der Waals surface area (Å²) in [6.45, 7) is 2.74. The van der Waals surface area contributed by atoms with Crippen molar-refractivity contribution in [1.29, 1.82) is 0 Å². The van der Waals surface area contributed by atoms with Crippen molar-refractivity contribution in [2.75, 3.05) is 26.2 Å². The highest BCUT2D eigenvalue weighted by Gasteiger charge is 2.32. The number of hydrogen-bond acceptors (Lipinski definition) is 5. The molecule has 27 heavy (non-hydrogen) atoms. The first-order valence-corrected chi connectivity index (χ1v) is 10.9. The number of ether oxygens (including phenoxy) is 1. The van der Waals surface area contributed by atoms with Gasteiger partial charge in [-0.3, -0.25) is 9.59 Å². The number of hydrogen-bond donors (Lipinski definition) is 1. The van der Waals surface area contributed by atoms with Gasteiger partial charge in [0.2, 0.25) is 10.0 Å². The van der Waals surface area contributed by atoms with E-state index in [1.54, 1.807) is 0 Å². The molecule has 1 N–H and O–H groups in total. The van der Waals surface area contributed by atoms with Crippen LogP contribution in [0.15, 0.2) is 29.2 Å². The number of nitrogens with zero attached hydrogens (tertiary/aromatic N) is 1. The number of amides is 1. The summed E-state index contributed by atoms with van der Waals surface area (Å²) in [7, 11) is -3.61. The standard InChI is InChI=1S/C18H25ClN2O5S/c1-2-3-10-20-17(22)13-26-18(23)14-8-11-21(12-9-14)27(24,25)16-6-4-15(19)5-7-16/h4-7,14H,2-3,8-13H2,1H3,(H,20,22). The molecule has 1 aliphatic heterocycles. The molecule has 0 saturated carbocycles. The van der Waals surface area contributed by atoms with Crippen LogP contribution in [0.3, 0.4) is 0 Å². The maximum Gasteiger partial charge on any atom is 0.309 e. The average molecular weight is 417 g/mol. The number of unbranched alkanes of at least 4 members (excludes halogenated alkanes) is 1. The number of carbonyl (C=O) groups is 2. The number of benzene rings is 1. The van der Waals surface area contributed by atoms with Gasteiger partial charge in [0.1, 0.15) is 0 Å². The van der Waals surface area contributed by atoms with Crippen molar-refractivity contribution in [3.05, 3.63) is 29.3 Å². The van der Waals surface area contributed by atoms with Crippen molar-refractivity contribution < 1.29 is 22.7 Å². The predicted octanol–water partition coefficient (Wildman–Crippen LogP) is 2.20. The molecule has 9 heteroatoms. The van der Waals surface area contributed by atoms with E-state index in [1.165, 1.54) is 28.6 Å². The highest BCUT2D eigenvalue weighted by Crippen LogP contribution is 2.25. The van der Waals surface area contributed by atoms with E-state index in [0.29, 0.717) is 24.4 Å². The lowest BCUT2D eigenvalue weighted by Gasteiger charge is -2.30. The maximum absolute atomic E-state index is 12.6. The monoisotopic (exact) mass is 416 g/mol. The molecule has 1 fully saturated rings. The Morgan fingerprint density at radius 3 is 2.44 bits per heavy atom. The Kier molecular flexibility index (Phi) is 8.07. The van der Waals surface area contributed by atoms with Gasteiger partial charge < -0.3 is 10.1 Å². The highest BCUT2D eigenvalue weighted by molar-refractivity contribution is 7.89. The molecule has 0 unspecified atom stereocenters. The molecule has 0 bridgehead atoms. The molecule has 0 aliphatic carbocycles. The van der Waals surface area contributed by atoms with Gasteiger partial charge in [0.05, 0.1) is 10.8 Å². The smallest absolute Gasteiger partial charge is 0.309 e. The number of esters is 1. The summed E-state index contributed by atoms with van der Waals surface area (Å²) in [4.78, 5) is 23.9. The molecule has 1 aliphatic rings. The number of nitrogens with one attached hydrogen (secondary N) is 1. The zero-order valence-corrected chi connectivity index (χ0v) is 16.9. The fourth-order valence-corrected chi connectivity index (χ4v) is 4.39. The number of halogens is 1.